The lowest BCUT2D eigenvalue weighted by molar-refractivity contribution is -0.132. The van der Waals surface area contributed by atoms with E-state index in [1.165, 1.54) is 32.2 Å². The van der Waals surface area contributed by atoms with Crippen molar-refractivity contribution in [1.29, 1.82) is 0 Å². The van der Waals surface area contributed by atoms with Gasteiger partial charge in [0.1, 0.15) is 6.10 Å². The maximum Gasteiger partial charge on any atom is 0.308 e. The van der Waals surface area contributed by atoms with E-state index in [4.69, 9.17) is 21.1 Å². The number of alkyl halides is 1. The van der Waals surface area contributed by atoms with Crippen LogP contribution in [0.5, 0.6) is 11.5 Å². The maximum absolute atomic E-state index is 10.9. The molecule has 0 radical (unpaired) electrons. The lowest BCUT2D eigenvalue weighted by Gasteiger charge is -2.17. The first-order valence-electron chi connectivity index (χ1n) is 5.28. The van der Waals surface area contributed by atoms with Crippen LogP contribution in [-0.2, 0) is 4.79 Å². The van der Waals surface area contributed by atoms with Crippen molar-refractivity contribution in [2.24, 2.45) is 0 Å². The van der Waals surface area contributed by atoms with Crippen LogP contribution in [0.15, 0.2) is 18.2 Å². The Bertz CT molecular complexity index is 421. The molecule has 1 aromatic carbocycles. The fraction of sp³-hybridized carbons (Fsp3) is 0.417. The van der Waals surface area contributed by atoms with Crippen LogP contribution in [0.3, 0.4) is 0 Å². The summed E-state index contributed by atoms with van der Waals surface area (Å²) in [4.78, 5) is 10.9. The predicted molar refractivity (Wildman–Crippen MR) is 66.0 cm³/mol. The van der Waals surface area contributed by atoms with E-state index in [0.29, 0.717) is 11.3 Å². The highest BCUT2D eigenvalue weighted by Gasteiger charge is 2.19. The first-order chi connectivity index (χ1) is 8.49. The Hall–Kier alpha value is -1.30. The van der Waals surface area contributed by atoms with Crippen molar-refractivity contribution in [3.63, 3.8) is 0 Å². The molecule has 100 valence electrons. The standard InChI is InChI=1S/C12H15ClO5/c1-7(14)18-10-4-3-8(5-11(10)17-2)12(16)9(15)6-13/h3-5,9,12,15-16H,6H2,1-2H3. The van der Waals surface area contributed by atoms with Gasteiger partial charge in [0.2, 0.25) is 0 Å². The van der Waals surface area contributed by atoms with Gasteiger partial charge in [0.25, 0.3) is 0 Å². The van der Waals surface area contributed by atoms with Gasteiger partial charge in [-0.25, -0.2) is 0 Å². The summed E-state index contributed by atoms with van der Waals surface area (Å²) in [5.41, 5.74) is 0.427. The number of rotatable bonds is 5. The van der Waals surface area contributed by atoms with Gasteiger partial charge in [-0.3, -0.25) is 4.79 Å². The topological polar surface area (TPSA) is 76.0 Å². The molecule has 2 N–H and O–H groups in total. The number of carbonyl (C=O) groups excluding carboxylic acids is 1. The van der Waals surface area contributed by atoms with Gasteiger partial charge in [0.05, 0.1) is 19.1 Å². The number of ether oxygens (including phenoxy) is 2. The largest absolute Gasteiger partial charge is 0.493 e. The SMILES string of the molecule is COc1cc(C(O)C(O)CCl)ccc1OC(C)=O. The number of hydrogen-bond donors (Lipinski definition) is 2. The number of hydrogen-bond acceptors (Lipinski definition) is 5. The van der Waals surface area contributed by atoms with Gasteiger partial charge in [-0.1, -0.05) is 6.07 Å². The van der Waals surface area contributed by atoms with E-state index < -0.39 is 18.2 Å². The summed E-state index contributed by atoms with van der Waals surface area (Å²) in [6.07, 6.45) is -2.20. The van der Waals surface area contributed by atoms with E-state index in [9.17, 15) is 15.0 Å². The van der Waals surface area contributed by atoms with Crippen LogP contribution >= 0.6 is 11.6 Å². The third-order valence-corrected chi connectivity index (χ3v) is 2.62. The summed E-state index contributed by atoms with van der Waals surface area (Å²) in [6, 6.07) is 4.50. The molecule has 0 spiro atoms. The number of esters is 1. The Balaban J connectivity index is 3.01. The molecule has 0 amide bonds. The second-order valence-electron chi connectivity index (χ2n) is 3.67. The average molecular weight is 275 g/mol. The third kappa shape index (κ3) is 3.60. The van der Waals surface area contributed by atoms with Crippen molar-refractivity contribution in [3.8, 4) is 11.5 Å². The van der Waals surface area contributed by atoms with Crippen LogP contribution in [-0.4, -0.2) is 35.3 Å². The molecule has 0 fully saturated rings. The summed E-state index contributed by atoms with van der Waals surface area (Å²) in [5, 5.41) is 19.2. The Kier molecular flexibility index (Phi) is 5.40. The van der Waals surface area contributed by atoms with Crippen molar-refractivity contribution in [3.05, 3.63) is 23.8 Å². The number of aliphatic hydroxyl groups excluding tert-OH is 2. The van der Waals surface area contributed by atoms with Crippen LogP contribution < -0.4 is 9.47 Å². The molecule has 1 aromatic rings. The fourth-order valence-electron chi connectivity index (χ4n) is 1.41. The van der Waals surface area contributed by atoms with E-state index >= 15 is 0 Å². The fourth-order valence-corrected chi connectivity index (χ4v) is 1.58. The molecule has 18 heavy (non-hydrogen) atoms. The maximum atomic E-state index is 10.9. The molecule has 1 rings (SSSR count). The minimum Gasteiger partial charge on any atom is -0.493 e. The van der Waals surface area contributed by atoms with E-state index in [0.717, 1.165) is 0 Å². The molecule has 0 saturated carbocycles. The monoisotopic (exact) mass is 274 g/mol. The molecule has 0 aliphatic carbocycles. The molecular formula is C12H15ClO5. The molecule has 0 bridgehead atoms. The van der Waals surface area contributed by atoms with Crippen molar-refractivity contribution < 1.29 is 24.5 Å². The smallest absolute Gasteiger partial charge is 0.308 e. The van der Waals surface area contributed by atoms with Crippen LogP contribution in [0, 0.1) is 0 Å². The molecule has 0 aliphatic rings. The molecule has 0 heterocycles. The van der Waals surface area contributed by atoms with Crippen LogP contribution in [0.4, 0.5) is 0 Å². The normalized spacial score (nSPS) is 13.8. The van der Waals surface area contributed by atoms with Crippen molar-refractivity contribution in [1.82, 2.24) is 0 Å². The van der Waals surface area contributed by atoms with Gasteiger partial charge in [-0.15, -0.1) is 11.6 Å². The van der Waals surface area contributed by atoms with Gasteiger partial charge >= 0.3 is 5.97 Å². The molecule has 2 unspecified atom stereocenters. The van der Waals surface area contributed by atoms with Crippen molar-refractivity contribution in [2.45, 2.75) is 19.1 Å². The third-order valence-electron chi connectivity index (χ3n) is 2.31. The lowest BCUT2D eigenvalue weighted by Crippen LogP contribution is -2.19. The van der Waals surface area contributed by atoms with E-state index in [-0.39, 0.29) is 11.6 Å². The zero-order valence-corrected chi connectivity index (χ0v) is 10.8. The number of methoxy groups -OCH3 is 1. The summed E-state index contributed by atoms with van der Waals surface area (Å²) in [7, 11) is 1.41. The van der Waals surface area contributed by atoms with E-state index in [2.05, 4.69) is 0 Å². The molecule has 0 aliphatic heterocycles. The first-order valence-corrected chi connectivity index (χ1v) is 5.81. The summed E-state index contributed by atoms with van der Waals surface area (Å²) < 4.78 is 9.97. The number of aliphatic hydroxyl groups is 2. The molecule has 0 saturated heterocycles. The highest BCUT2D eigenvalue weighted by molar-refractivity contribution is 6.18. The molecule has 6 heteroatoms. The average Bonchev–Trinajstić information content (AvgIpc) is 2.36. The predicted octanol–water partition coefficient (Wildman–Crippen LogP) is 1.25. The summed E-state index contributed by atoms with van der Waals surface area (Å²) >= 11 is 5.46. The van der Waals surface area contributed by atoms with Gasteiger partial charge < -0.3 is 19.7 Å². The first kappa shape index (κ1) is 14.8. The van der Waals surface area contributed by atoms with Gasteiger partial charge in [0.15, 0.2) is 11.5 Å². The van der Waals surface area contributed by atoms with Gasteiger partial charge in [-0.2, -0.15) is 0 Å². The quantitative estimate of drug-likeness (QED) is 0.480. The second kappa shape index (κ2) is 6.58. The second-order valence-corrected chi connectivity index (χ2v) is 3.98. The van der Waals surface area contributed by atoms with Crippen LogP contribution in [0.1, 0.15) is 18.6 Å². The van der Waals surface area contributed by atoms with E-state index in [1.54, 1.807) is 0 Å². The van der Waals surface area contributed by atoms with Gasteiger partial charge in [-0.05, 0) is 17.7 Å². The van der Waals surface area contributed by atoms with Crippen molar-refractivity contribution in [2.75, 3.05) is 13.0 Å². The zero-order valence-electron chi connectivity index (χ0n) is 10.1. The van der Waals surface area contributed by atoms with Crippen LogP contribution in [0.2, 0.25) is 0 Å². The minimum absolute atomic E-state index is 0.0881. The van der Waals surface area contributed by atoms with Crippen molar-refractivity contribution >= 4 is 17.6 Å². The Morgan fingerprint density at radius 1 is 1.39 bits per heavy atom. The minimum atomic E-state index is -1.12. The summed E-state index contributed by atoms with van der Waals surface area (Å²) in [5.74, 6) is -0.0120. The zero-order chi connectivity index (χ0) is 13.7. The molecular weight excluding hydrogens is 260 g/mol. The number of halogens is 1. The molecule has 2 atom stereocenters. The number of benzene rings is 1. The molecule has 0 aromatic heterocycles. The molecule has 5 nitrogen and oxygen atoms in total. The Labute approximate surface area is 110 Å². The van der Waals surface area contributed by atoms with Gasteiger partial charge in [0, 0.05) is 6.92 Å². The highest BCUT2D eigenvalue weighted by Crippen LogP contribution is 2.31. The van der Waals surface area contributed by atoms with Crippen LogP contribution in [0.25, 0.3) is 0 Å². The summed E-state index contributed by atoms with van der Waals surface area (Å²) in [6.45, 7) is 1.28. The van der Waals surface area contributed by atoms with E-state index in [1.807, 2.05) is 0 Å². The lowest BCUT2D eigenvalue weighted by atomic mass is 10.0. The number of carbonyl (C=O) groups is 1. The highest BCUT2D eigenvalue weighted by atomic mass is 35.5. The Morgan fingerprint density at radius 3 is 2.56 bits per heavy atom. The Morgan fingerprint density at radius 2 is 2.06 bits per heavy atom.